The number of hydrogen-bond acceptors (Lipinski definition) is 10. The highest BCUT2D eigenvalue weighted by Gasteiger charge is 2.37. The van der Waals surface area contributed by atoms with Gasteiger partial charge in [-0.05, 0) is 176 Å². The zero-order valence-electron chi connectivity index (χ0n) is 40.8. The van der Waals surface area contributed by atoms with Crippen molar-refractivity contribution >= 4 is 11.4 Å². The van der Waals surface area contributed by atoms with Gasteiger partial charge in [0.05, 0.1) is 23.5 Å². The molecule has 0 amide bonds. The van der Waals surface area contributed by atoms with Crippen molar-refractivity contribution in [1.29, 1.82) is 0 Å². The van der Waals surface area contributed by atoms with E-state index < -0.39 is 0 Å². The molecule has 0 unspecified atom stereocenters. The largest absolute Gasteiger partial charge is 0.368 e. The van der Waals surface area contributed by atoms with Crippen LogP contribution in [-0.4, -0.2) is 157 Å². The van der Waals surface area contributed by atoms with E-state index >= 15 is 0 Å². The van der Waals surface area contributed by atoms with Gasteiger partial charge in [0, 0.05) is 113 Å². The molecule has 2 aliphatic carbocycles. The van der Waals surface area contributed by atoms with Crippen LogP contribution in [0.1, 0.15) is 108 Å². The standard InChI is InChI=1S/2C28H39N5/c2*1-30-18-22-8-4-11-26(33-16-15-32-14-6-10-23(32)20-33)25(22)17-24(30)19-31(2)27-12-3-7-21-9-5-13-29-28(21)27/h2*4-5,8-9,11,13,23-24,27H,3,6-7,10,12,14-20H2,1-2H3/t23-,24+,27-;23-,24-,27+/m01/s1. The minimum Gasteiger partial charge on any atom is -0.368 e. The maximum absolute atomic E-state index is 4.81. The quantitative estimate of drug-likeness (QED) is 0.178. The van der Waals surface area contributed by atoms with Gasteiger partial charge in [-0.15, -0.1) is 0 Å². The Labute approximate surface area is 396 Å². The first-order valence-electron chi connectivity index (χ1n) is 26.2. The summed E-state index contributed by atoms with van der Waals surface area (Å²) in [7, 11) is 9.28. The summed E-state index contributed by atoms with van der Waals surface area (Å²) >= 11 is 0. The van der Waals surface area contributed by atoms with Gasteiger partial charge in [0.15, 0.2) is 0 Å². The third-order valence-electron chi connectivity index (χ3n) is 17.7. The summed E-state index contributed by atoms with van der Waals surface area (Å²) in [6.07, 6.45) is 19.1. The number of anilines is 2. The predicted molar refractivity (Wildman–Crippen MR) is 270 cm³/mol. The lowest BCUT2D eigenvalue weighted by Crippen LogP contribution is -2.51. The van der Waals surface area contributed by atoms with Crippen molar-refractivity contribution in [2.45, 2.75) is 126 Å². The number of aromatic nitrogens is 2. The SMILES string of the molecule is CN1Cc2cccc(N3CCN4CCC[C@@H]4C3)c2C[C@@H]1CN(C)[C@H]1CCCc2cccnc21.CN1Cc2cccc(N3CCN4CCC[C@H]4C3)c2C[C@@H]1CN(C)[C@H]1CCCc2cccnc21. The van der Waals surface area contributed by atoms with Gasteiger partial charge in [0.1, 0.15) is 0 Å². The van der Waals surface area contributed by atoms with E-state index in [1.165, 1.54) is 162 Å². The fourth-order valence-electron chi connectivity index (χ4n) is 14.0. The van der Waals surface area contributed by atoms with Crippen molar-refractivity contribution in [1.82, 2.24) is 39.4 Å². The zero-order chi connectivity index (χ0) is 44.7. The summed E-state index contributed by atoms with van der Waals surface area (Å²) < 4.78 is 0. The fraction of sp³-hybridized carbons (Fsp3) is 0.607. The molecule has 4 fully saturated rings. The first-order chi connectivity index (χ1) is 32.3. The molecule has 12 rings (SSSR count). The second kappa shape index (κ2) is 19.6. The van der Waals surface area contributed by atoms with Gasteiger partial charge in [-0.25, -0.2) is 0 Å². The number of pyridine rings is 2. The molecule has 0 bridgehead atoms. The summed E-state index contributed by atoms with van der Waals surface area (Å²) in [6.45, 7) is 14.2. The molecule has 66 heavy (non-hydrogen) atoms. The van der Waals surface area contributed by atoms with Crippen LogP contribution in [0, 0.1) is 0 Å². The van der Waals surface area contributed by atoms with Crippen molar-refractivity contribution in [2.75, 3.05) is 103 Å². The summed E-state index contributed by atoms with van der Waals surface area (Å²) in [6, 6.07) is 26.4. The van der Waals surface area contributed by atoms with Gasteiger partial charge in [-0.2, -0.15) is 0 Å². The van der Waals surface area contributed by atoms with Crippen LogP contribution < -0.4 is 9.80 Å². The molecule has 8 heterocycles. The average Bonchev–Trinajstić information content (AvgIpc) is 4.03. The highest BCUT2D eigenvalue weighted by molar-refractivity contribution is 5.60. The van der Waals surface area contributed by atoms with Gasteiger partial charge in [-0.3, -0.25) is 39.4 Å². The molecule has 0 N–H and O–H groups in total. The van der Waals surface area contributed by atoms with E-state index in [2.05, 4.69) is 128 Å². The lowest BCUT2D eigenvalue weighted by atomic mass is 9.89. The topological polar surface area (TPSA) is 51.7 Å². The van der Waals surface area contributed by atoms with E-state index in [1.807, 2.05) is 12.4 Å². The minimum atomic E-state index is 0.454. The van der Waals surface area contributed by atoms with E-state index in [-0.39, 0.29) is 0 Å². The van der Waals surface area contributed by atoms with Crippen molar-refractivity contribution in [3.63, 3.8) is 0 Å². The van der Waals surface area contributed by atoms with Crippen LogP contribution >= 0.6 is 0 Å². The number of piperazine rings is 2. The van der Waals surface area contributed by atoms with Crippen molar-refractivity contribution in [2.24, 2.45) is 0 Å². The molecule has 2 aromatic heterocycles. The Morgan fingerprint density at radius 3 is 1.44 bits per heavy atom. The molecule has 10 heteroatoms. The molecular weight excluding hydrogens is 813 g/mol. The summed E-state index contributed by atoms with van der Waals surface area (Å²) in [4.78, 5) is 30.8. The van der Waals surface area contributed by atoms with Crippen LogP contribution in [0.5, 0.6) is 0 Å². The minimum absolute atomic E-state index is 0.454. The van der Waals surface area contributed by atoms with E-state index in [4.69, 9.17) is 9.97 Å². The monoisotopic (exact) mass is 891 g/mol. The molecule has 6 atom stereocenters. The second-order valence-electron chi connectivity index (χ2n) is 21.7. The Hall–Kier alpha value is -3.90. The highest BCUT2D eigenvalue weighted by Crippen LogP contribution is 2.39. The van der Waals surface area contributed by atoms with Crippen LogP contribution in [0.3, 0.4) is 0 Å². The molecule has 8 aliphatic rings. The van der Waals surface area contributed by atoms with Gasteiger partial charge >= 0.3 is 0 Å². The molecule has 2 aromatic carbocycles. The lowest BCUT2D eigenvalue weighted by Gasteiger charge is -2.43. The molecular formula is C56H78N10. The average molecular weight is 891 g/mol. The van der Waals surface area contributed by atoms with Crippen LogP contribution in [-0.2, 0) is 38.8 Å². The van der Waals surface area contributed by atoms with Crippen molar-refractivity contribution < 1.29 is 0 Å². The molecule has 4 aromatic rings. The van der Waals surface area contributed by atoms with E-state index in [0.717, 1.165) is 51.1 Å². The third-order valence-corrected chi connectivity index (χ3v) is 17.7. The van der Waals surface area contributed by atoms with E-state index in [9.17, 15) is 0 Å². The fourth-order valence-corrected chi connectivity index (χ4v) is 14.0. The first-order valence-corrected chi connectivity index (χ1v) is 26.2. The van der Waals surface area contributed by atoms with Gasteiger partial charge in [-0.1, -0.05) is 36.4 Å². The molecule has 4 saturated heterocycles. The molecule has 352 valence electrons. The third kappa shape index (κ3) is 9.07. The van der Waals surface area contributed by atoms with Gasteiger partial charge in [0.2, 0.25) is 0 Å². The number of nitrogens with zero attached hydrogens (tertiary/aromatic N) is 10. The Balaban J connectivity index is 0.000000146. The number of hydrogen-bond donors (Lipinski definition) is 0. The number of likely N-dealkylation sites (N-methyl/N-ethyl adjacent to an activating group) is 4. The van der Waals surface area contributed by atoms with Crippen LogP contribution in [0.4, 0.5) is 11.4 Å². The zero-order valence-corrected chi connectivity index (χ0v) is 40.8. The smallest absolute Gasteiger partial charge is 0.0607 e. The van der Waals surface area contributed by atoms with Crippen LogP contribution in [0.25, 0.3) is 0 Å². The van der Waals surface area contributed by atoms with E-state index in [1.54, 1.807) is 11.1 Å². The van der Waals surface area contributed by atoms with Crippen LogP contribution in [0.2, 0.25) is 0 Å². The number of aryl methyl sites for hydroxylation is 2. The lowest BCUT2D eigenvalue weighted by molar-refractivity contribution is 0.126. The Morgan fingerprint density at radius 1 is 0.515 bits per heavy atom. The molecule has 0 radical (unpaired) electrons. The molecule has 0 saturated carbocycles. The number of fused-ring (bicyclic) bond motifs is 6. The molecule has 10 nitrogen and oxygen atoms in total. The highest BCUT2D eigenvalue weighted by atomic mass is 15.3. The summed E-state index contributed by atoms with van der Waals surface area (Å²) in [5.74, 6) is 0. The normalized spacial score (nSPS) is 28.0. The van der Waals surface area contributed by atoms with Gasteiger partial charge in [0.25, 0.3) is 0 Å². The maximum Gasteiger partial charge on any atom is 0.0607 e. The summed E-state index contributed by atoms with van der Waals surface area (Å²) in [5, 5.41) is 0. The Bertz CT molecular complexity index is 2140. The Kier molecular flexibility index (Phi) is 13.2. The Morgan fingerprint density at radius 2 is 0.970 bits per heavy atom. The van der Waals surface area contributed by atoms with Crippen LogP contribution in [0.15, 0.2) is 73.1 Å². The van der Waals surface area contributed by atoms with E-state index in [0.29, 0.717) is 24.2 Å². The summed E-state index contributed by atoms with van der Waals surface area (Å²) in [5.41, 5.74) is 14.9. The number of benzene rings is 2. The molecule has 0 spiro atoms. The molecule has 6 aliphatic heterocycles. The predicted octanol–water partition coefficient (Wildman–Crippen LogP) is 7.46. The maximum atomic E-state index is 4.81. The van der Waals surface area contributed by atoms with Crippen molar-refractivity contribution in [3.05, 3.63) is 118 Å². The number of rotatable bonds is 8. The second-order valence-corrected chi connectivity index (χ2v) is 21.7. The van der Waals surface area contributed by atoms with Crippen molar-refractivity contribution in [3.8, 4) is 0 Å². The van der Waals surface area contributed by atoms with Gasteiger partial charge < -0.3 is 9.80 Å². The first kappa shape index (κ1) is 44.6.